The van der Waals surface area contributed by atoms with E-state index in [0.717, 1.165) is 29.7 Å². The zero-order chi connectivity index (χ0) is 17.6. The summed E-state index contributed by atoms with van der Waals surface area (Å²) in [5.41, 5.74) is 3.96. The number of benzene rings is 2. The molecule has 1 N–H and O–H groups in total. The third kappa shape index (κ3) is 2.53. The van der Waals surface area contributed by atoms with Crippen LogP contribution in [0.3, 0.4) is 0 Å². The minimum Gasteiger partial charge on any atom is -0.307 e. The van der Waals surface area contributed by atoms with Gasteiger partial charge in [0.1, 0.15) is 0 Å². The Hall–Kier alpha value is -3.22. The number of H-pyrrole nitrogens is 1. The molecule has 0 radical (unpaired) electrons. The van der Waals surface area contributed by atoms with Gasteiger partial charge in [-0.25, -0.2) is 0 Å². The SMILES string of the molecule is Cc1ccc2c(c1)CCCN2C(=O)c1n[nH]c2ccc([N+](=O)[O-])cc12. The van der Waals surface area contributed by atoms with Crippen LogP contribution in [0.2, 0.25) is 0 Å². The molecule has 1 aliphatic heterocycles. The van der Waals surface area contributed by atoms with E-state index in [1.165, 1.54) is 12.1 Å². The van der Waals surface area contributed by atoms with Gasteiger partial charge in [-0.2, -0.15) is 5.10 Å². The number of non-ortho nitro benzene ring substituents is 1. The van der Waals surface area contributed by atoms with Crippen LogP contribution >= 0.6 is 0 Å². The van der Waals surface area contributed by atoms with Crippen molar-refractivity contribution in [2.24, 2.45) is 0 Å². The van der Waals surface area contributed by atoms with E-state index < -0.39 is 4.92 Å². The van der Waals surface area contributed by atoms with Crippen molar-refractivity contribution in [2.75, 3.05) is 11.4 Å². The van der Waals surface area contributed by atoms with Gasteiger partial charge < -0.3 is 4.90 Å². The Morgan fingerprint density at radius 3 is 2.92 bits per heavy atom. The molecule has 4 rings (SSSR count). The molecule has 0 aliphatic carbocycles. The molecule has 0 saturated heterocycles. The second-order valence-corrected chi connectivity index (χ2v) is 6.25. The number of nitrogens with one attached hydrogen (secondary N) is 1. The van der Waals surface area contributed by atoms with Gasteiger partial charge in [-0.15, -0.1) is 0 Å². The highest BCUT2D eigenvalue weighted by atomic mass is 16.6. The van der Waals surface area contributed by atoms with E-state index in [9.17, 15) is 14.9 Å². The minimum absolute atomic E-state index is 0.0578. The topological polar surface area (TPSA) is 92.1 Å². The zero-order valence-corrected chi connectivity index (χ0v) is 13.7. The van der Waals surface area contributed by atoms with Gasteiger partial charge in [-0.1, -0.05) is 17.7 Å². The summed E-state index contributed by atoms with van der Waals surface area (Å²) in [5, 5.41) is 18.4. The summed E-state index contributed by atoms with van der Waals surface area (Å²) >= 11 is 0. The quantitative estimate of drug-likeness (QED) is 0.573. The Morgan fingerprint density at radius 1 is 1.28 bits per heavy atom. The molecule has 7 heteroatoms. The molecule has 0 atom stereocenters. The van der Waals surface area contributed by atoms with Crippen molar-refractivity contribution in [3.8, 4) is 0 Å². The summed E-state index contributed by atoms with van der Waals surface area (Å²) in [6, 6.07) is 10.4. The smallest absolute Gasteiger partial charge is 0.279 e. The number of carbonyl (C=O) groups is 1. The van der Waals surface area contributed by atoms with Crippen LogP contribution in [0.5, 0.6) is 0 Å². The number of aromatic nitrogens is 2. The highest BCUT2D eigenvalue weighted by Gasteiger charge is 2.27. The summed E-state index contributed by atoms with van der Waals surface area (Å²) < 4.78 is 0. The molecule has 3 aromatic rings. The number of aromatic amines is 1. The van der Waals surface area contributed by atoms with Crippen LogP contribution in [0.25, 0.3) is 10.9 Å². The maximum atomic E-state index is 13.1. The molecule has 0 saturated carbocycles. The van der Waals surface area contributed by atoms with Crippen LogP contribution in [0.1, 0.15) is 28.0 Å². The maximum absolute atomic E-state index is 13.1. The summed E-state index contributed by atoms with van der Waals surface area (Å²) in [4.78, 5) is 25.3. The number of anilines is 1. The lowest BCUT2D eigenvalue weighted by molar-refractivity contribution is -0.384. The molecule has 2 heterocycles. The number of carbonyl (C=O) groups excluding carboxylic acids is 1. The molecule has 0 bridgehead atoms. The van der Waals surface area contributed by atoms with Gasteiger partial charge >= 0.3 is 0 Å². The lowest BCUT2D eigenvalue weighted by Crippen LogP contribution is -2.35. The molecule has 1 aliphatic rings. The van der Waals surface area contributed by atoms with Crippen molar-refractivity contribution in [1.82, 2.24) is 10.2 Å². The number of nitro groups is 1. The third-order valence-corrected chi connectivity index (χ3v) is 4.56. The number of fused-ring (bicyclic) bond motifs is 2. The Morgan fingerprint density at radius 2 is 2.12 bits per heavy atom. The Kier molecular flexibility index (Phi) is 3.49. The highest BCUT2D eigenvalue weighted by molar-refractivity contribution is 6.13. The van der Waals surface area contributed by atoms with Crippen LogP contribution in [0.15, 0.2) is 36.4 Å². The van der Waals surface area contributed by atoms with Crippen molar-refractivity contribution in [3.63, 3.8) is 0 Å². The van der Waals surface area contributed by atoms with Crippen molar-refractivity contribution in [1.29, 1.82) is 0 Å². The molecule has 126 valence electrons. The lowest BCUT2D eigenvalue weighted by atomic mass is 9.99. The van der Waals surface area contributed by atoms with Crippen molar-refractivity contribution in [2.45, 2.75) is 19.8 Å². The molecule has 0 fully saturated rings. The first-order chi connectivity index (χ1) is 12.0. The van der Waals surface area contributed by atoms with Gasteiger partial charge in [0.2, 0.25) is 0 Å². The molecule has 7 nitrogen and oxygen atoms in total. The van der Waals surface area contributed by atoms with Crippen molar-refractivity contribution in [3.05, 3.63) is 63.3 Å². The average Bonchev–Trinajstić information content (AvgIpc) is 3.03. The second-order valence-electron chi connectivity index (χ2n) is 6.25. The summed E-state index contributed by atoms with van der Waals surface area (Å²) in [6.07, 6.45) is 1.82. The Labute approximate surface area is 143 Å². The van der Waals surface area contributed by atoms with E-state index in [0.29, 0.717) is 17.4 Å². The molecule has 1 amide bonds. The number of aryl methyl sites for hydroxylation is 2. The normalized spacial score (nSPS) is 13.7. The van der Waals surface area contributed by atoms with Crippen LogP contribution in [-0.4, -0.2) is 27.6 Å². The van der Waals surface area contributed by atoms with Gasteiger partial charge in [-0.3, -0.25) is 20.0 Å². The molecule has 0 spiro atoms. The number of hydrogen-bond donors (Lipinski definition) is 1. The maximum Gasteiger partial charge on any atom is 0.279 e. The third-order valence-electron chi connectivity index (χ3n) is 4.56. The Balaban J connectivity index is 1.79. The van der Waals surface area contributed by atoms with Crippen LogP contribution in [-0.2, 0) is 6.42 Å². The largest absolute Gasteiger partial charge is 0.307 e. The van der Waals surface area contributed by atoms with Gasteiger partial charge in [0.25, 0.3) is 11.6 Å². The Bertz CT molecular complexity index is 1010. The average molecular weight is 336 g/mol. The fraction of sp³-hybridized carbons (Fsp3) is 0.222. The van der Waals surface area contributed by atoms with Gasteiger partial charge in [0.05, 0.1) is 10.4 Å². The lowest BCUT2D eigenvalue weighted by Gasteiger charge is -2.29. The fourth-order valence-corrected chi connectivity index (χ4v) is 3.34. The number of amides is 1. The highest BCUT2D eigenvalue weighted by Crippen LogP contribution is 2.30. The molecule has 2 aromatic carbocycles. The predicted molar refractivity (Wildman–Crippen MR) is 93.9 cm³/mol. The fourth-order valence-electron chi connectivity index (χ4n) is 3.34. The first-order valence-corrected chi connectivity index (χ1v) is 8.08. The number of hydrogen-bond acceptors (Lipinski definition) is 4. The monoisotopic (exact) mass is 336 g/mol. The minimum atomic E-state index is -0.473. The number of rotatable bonds is 2. The summed E-state index contributed by atoms with van der Waals surface area (Å²) in [6.45, 7) is 2.64. The second kappa shape index (κ2) is 5.70. The molecule has 1 aromatic heterocycles. The number of nitrogens with zero attached hydrogens (tertiary/aromatic N) is 3. The van der Waals surface area contributed by atoms with E-state index in [1.54, 1.807) is 11.0 Å². The van der Waals surface area contributed by atoms with Gasteiger partial charge in [-0.05, 0) is 37.5 Å². The molecule has 25 heavy (non-hydrogen) atoms. The van der Waals surface area contributed by atoms with Crippen molar-refractivity contribution < 1.29 is 9.72 Å². The van der Waals surface area contributed by atoms with Crippen LogP contribution in [0, 0.1) is 17.0 Å². The van der Waals surface area contributed by atoms with Gasteiger partial charge in [0, 0.05) is 29.8 Å². The van der Waals surface area contributed by atoms with Crippen LogP contribution in [0.4, 0.5) is 11.4 Å². The van der Waals surface area contributed by atoms with Crippen LogP contribution < -0.4 is 4.90 Å². The molecular formula is C18H16N4O3. The van der Waals surface area contributed by atoms with Crippen molar-refractivity contribution >= 4 is 28.2 Å². The van der Waals surface area contributed by atoms with E-state index in [4.69, 9.17) is 0 Å². The summed E-state index contributed by atoms with van der Waals surface area (Å²) in [7, 11) is 0. The van der Waals surface area contributed by atoms with Gasteiger partial charge in [0.15, 0.2) is 5.69 Å². The molecule has 0 unspecified atom stereocenters. The van der Waals surface area contributed by atoms with E-state index in [2.05, 4.69) is 16.3 Å². The predicted octanol–water partition coefficient (Wildman–Crippen LogP) is 3.37. The van der Waals surface area contributed by atoms with E-state index in [1.807, 2.05) is 19.1 Å². The van der Waals surface area contributed by atoms with E-state index in [-0.39, 0.29) is 17.3 Å². The first kappa shape index (κ1) is 15.3. The zero-order valence-electron chi connectivity index (χ0n) is 13.7. The number of nitro benzene ring substituents is 1. The first-order valence-electron chi connectivity index (χ1n) is 8.08. The summed E-state index contributed by atoms with van der Waals surface area (Å²) in [5.74, 6) is -0.239. The standard InChI is InChI=1S/C18H16N4O3/c1-11-4-7-16-12(9-11)3-2-8-21(16)18(23)17-14-10-13(22(24)25)5-6-15(14)19-20-17/h4-7,9-10H,2-3,8H2,1H3,(H,19,20). The van der Waals surface area contributed by atoms with E-state index >= 15 is 0 Å². The molecular weight excluding hydrogens is 320 g/mol.